The third kappa shape index (κ3) is 4.25. The van der Waals surface area contributed by atoms with E-state index in [1.165, 1.54) is 4.88 Å². The summed E-state index contributed by atoms with van der Waals surface area (Å²) < 4.78 is 5.38. The van der Waals surface area contributed by atoms with Crippen molar-refractivity contribution in [3.8, 4) is 0 Å². The lowest BCUT2D eigenvalue weighted by Gasteiger charge is -2.27. The molecule has 1 heterocycles. The molecule has 0 aliphatic carbocycles. The molecule has 5 heteroatoms. The van der Waals surface area contributed by atoms with Gasteiger partial charge in [0.1, 0.15) is 0 Å². The number of methoxy groups -OCH3 is 1. The smallest absolute Gasteiger partial charge is 0.0794 e. The zero-order valence-electron chi connectivity index (χ0n) is 9.49. The summed E-state index contributed by atoms with van der Waals surface area (Å²) in [4.78, 5) is 5.29. The normalized spacial score (nSPS) is 14.1. The van der Waals surface area contributed by atoms with Crippen LogP contribution in [0, 0.1) is 0 Å². The Labute approximate surface area is 94.8 Å². The average Bonchev–Trinajstić information content (AvgIpc) is 2.69. The van der Waals surface area contributed by atoms with Crippen LogP contribution < -0.4 is 11.3 Å². The summed E-state index contributed by atoms with van der Waals surface area (Å²) in [7, 11) is 1.72. The summed E-state index contributed by atoms with van der Waals surface area (Å²) >= 11 is 1.65. The molecule has 0 saturated heterocycles. The highest BCUT2D eigenvalue weighted by Gasteiger charge is 2.22. The molecule has 0 amide bonds. The molecule has 1 aromatic heterocycles. The maximum absolute atomic E-state index is 5.53. The van der Waals surface area contributed by atoms with Crippen molar-refractivity contribution in [3.05, 3.63) is 16.6 Å². The number of hydrogen-bond acceptors (Lipinski definition) is 5. The number of nitrogens with zero attached hydrogens (tertiary/aromatic N) is 1. The highest BCUT2D eigenvalue weighted by molar-refractivity contribution is 7.09. The molecule has 0 spiro atoms. The van der Waals surface area contributed by atoms with Crippen molar-refractivity contribution in [2.75, 3.05) is 7.11 Å². The number of nitrogens with one attached hydrogen (secondary N) is 1. The Hall–Kier alpha value is -0.490. The molecule has 1 rings (SSSR count). The van der Waals surface area contributed by atoms with Gasteiger partial charge in [0, 0.05) is 30.6 Å². The predicted molar refractivity (Wildman–Crippen MR) is 62.6 cm³/mol. The van der Waals surface area contributed by atoms with Crippen molar-refractivity contribution >= 4 is 11.3 Å². The maximum Gasteiger partial charge on any atom is 0.0794 e. The van der Waals surface area contributed by atoms with E-state index >= 15 is 0 Å². The number of aromatic nitrogens is 1. The van der Waals surface area contributed by atoms with E-state index in [9.17, 15) is 0 Å². The van der Waals surface area contributed by atoms with Crippen LogP contribution in [0.15, 0.2) is 11.7 Å². The molecular formula is C10H19N3OS. The van der Waals surface area contributed by atoms with Gasteiger partial charge in [-0.1, -0.05) is 0 Å². The molecule has 3 N–H and O–H groups in total. The first-order chi connectivity index (χ1) is 7.07. The zero-order chi connectivity index (χ0) is 11.3. The van der Waals surface area contributed by atoms with E-state index in [0.717, 1.165) is 12.8 Å². The molecule has 0 radical (unpaired) electrons. The number of rotatable bonds is 6. The van der Waals surface area contributed by atoms with Gasteiger partial charge in [-0.15, -0.1) is 11.3 Å². The molecule has 15 heavy (non-hydrogen) atoms. The molecule has 0 aliphatic heterocycles. The van der Waals surface area contributed by atoms with Crippen molar-refractivity contribution < 1.29 is 4.74 Å². The second kappa shape index (κ2) is 5.55. The molecule has 0 aliphatic rings. The SMILES string of the molecule is COC(C)(C)CC(Cc1cncs1)NN. The average molecular weight is 229 g/mol. The van der Waals surface area contributed by atoms with E-state index in [1.807, 2.05) is 11.7 Å². The van der Waals surface area contributed by atoms with E-state index in [2.05, 4.69) is 24.3 Å². The van der Waals surface area contributed by atoms with E-state index < -0.39 is 0 Å². The third-order valence-electron chi connectivity index (χ3n) is 2.46. The molecule has 0 aromatic carbocycles. The lowest BCUT2D eigenvalue weighted by Crippen LogP contribution is -2.42. The summed E-state index contributed by atoms with van der Waals surface area (Å²) in [6, 6.07) is 0.223. The Kier molecular flexibility index (Phi) is 4.66. The summed E-state index contributed by atoms with van der Waals surface area (Å²) in [5, 5.41) is 0. The van der Waals surface area contributed by atoms with Crippen LogP contribution in [0.25, 0.3) is 0 Å². The lowest BCUT2D eigenvalue weighted by molar-refractivity contribution is 0.00716. The van der Waals surface area contributed by atoms with Gasteiger partial charge in [-0.3, -0.25) is 16.3 Å². The molecule has 1 aromatic rings. The second-order valence-corrected chi connectivity index (χ2v) is 5.17. The van der Waals surface area contributed by atoms with Crippen LogP contribution in [0.1, 0.15) is 25.1 Å². The lowest BCUT2D eigenvalue weighted by atomic mass is 9.97. The summed E-state index contributed by atoms with van der Waals surface area (Å²) in [6.45, 7) is 4.12. The number of thiazole rings is 1. The van der Waals surface area contributed by atoms with Crippen molar-refractivity contribution in [3.63, 3.8) is 0 Å². The molecule has 4 nitrogen and oxygen atoms in total. The minimum Gasteiger partial charge on any atom is -0.379 e. The fourth-order valence-corrected chi connectivity index (χ4v) is 2.13. The van der Waals surface area contributed by atoms with Crippen molar-refractivity contribution in [1.82, 2.24) is 10.4 Å². The predicted octanol–water partition coefficient (Wildman–Crippen LogP) is 1.33. The Morgan fingerprint density at radius 2 is 2.40 bits per heavy atom. The highest BCUT2D eigenvalue weighted by Crippen LogP contribution is 2.18. The van der Waals surface area contributed by atoms with Gasteiger partial charge in [0.05, 0.1) is 11.1 Å². The minimum atomic E-state index is -0.151. The van der Waals surface area contributed by atoms with Crippen LogP contribution in [0.2, 0.25) is 0 Å². The first-order valence-corrected chi connectivity index (χ1v) is 5.84. The van der Waals surface area contributed by atoms with Crippen LogP contribution in [0.4, 0.5) is 0 Å². The minimum absolute atomic E-state index is 0.151. The van der Waals surface area contributed by atoms with Crippen molar-refractivity contribution in [2.45, 2.75) is 38.3 Å². The van der Waals surface area contributed by atoms with Gasteiger partial charge in [-0.25, -0.2) is 0 Å². The fourth-order valence-electron chi connectivity index (χ4n) is 1.45. The number of hydrazine groups is 1. The monoisotopic (exact) mass is 229 g/mol. The van der Waals surface area contributed by atoms with E-state index in [4.69, 9.17) is 10.6 Å². The number of nitrogens with two attached hydrogens (primary N) is 1. The van der Waals surface area contributed by atoms with Gasteiger partial charge in [0.2, 0.25) is 0 Å². The van der Waals surface area contributed by atoms with Gasteiger partial charge in [-0.05, 0) is 20.3 Å². The second-order valence-electron chi connectivity index (χ2n) is 4.20. The Bertz CT molecular complexity index is 274. The molecule has 86 valence electrons. The molecule has 0 fully saturated rings. The van der Waals surface area contributed by atoms with E-state index in [-0.39, 0.29) is 11.6 Å². The first-order valence-electron chi connectivity index (χ1n) is 4.96. The third-order valence-corrected chi connectivity index (χ3v) is 3.26. The maximum atomic E-state index is 5.53. The molecule has 0 bridgehead atoms. The Morgan fingerprint density at radius 1 is 1.67 bits per heavy atom. The van der Waals surface area contributed by atoms with Crippen molar-refractivity contribution in [2.24, 2.45) is 5.84 Å². The first kappa shape index (κ1) is 12.6. The van der Waals surface area contributed by atoms with E-state index in [1.54, 1.807) is 18.4 Å². The largest absolute Gasteiger partial charge is 0.379 e. The quantitative estimate of drug-likeness (QED) is 0.571. The van der Waals surface area contributed by atoms with Crippen LogP contribution in [0.3, 0.4) is 0 Å². The van der Waals surface area contributed by atoms with Crippen LogP contribution in [-0.4, -0.2) is 23.7 Å². The van der Waals surface area contributed by atoms with Gasteiger partial charge >= 0.3 is 0 Å². The molecule has 1 atom stereocenters. The van der Waals surface area contributed by atoms with Crippen LogP contribution in [-0.2, 0) is 11.2 Å². The zero-order valence-corrected chi connectivity index (χ0v) is 10.3. The Morgan fingerprint density at radius 3 is 2.87 bits per heavy atom. The molecular weight excluding hydrogens is 210 g/mol. The van der Waals surface area contributed by atoms with Gasteiger partial charge < -0.3 is 4.74 Å². The molecule has 1 unspecified atom stereocenters. The van der Waals surface area contributed by atoms with Crippen LogP contribution >= 0.6 is 11.3 Å². The van der Waals surface area contributed by atoms with Gasteiger partial charge in [0.15, 0.2) is 0 Å². The topological polar surface area (TPSA) is 60.2 Å². The standard InChI is InChI=1S/C10H19N3OS/c1-10(2,14-3)5-8(13-11)4-9-6-12-7-15-9/h6-8,13H,4-5,11H2,1-3H3. The Balaban J connectivity index is 2.50. The number of ether oxygens (including phenoxy) is 1. The van der Waals surface area contributed by atoms with Gasteiger partial charge in [-0.2, -0.15) is 0 Å². The summed E-state index contributed by atoms with van der Waals surface area (Å²) in [5.74, 6) is 5.53. The van der Waals surface area contributed by atoms with Crippen LogP contribution in [0.5, 0.6) is 0 Å². The van der Waals surface area contributed by atoms with Crippen molar-refractivity contribution in [1.29, 1.82) is 0 Å². The highest BCUT2D eigenvalue weighted by atomic mass is 32.1. The summed E-state index contributed by atoms with van der Waals surface area (Å²) in [5.41, 5.74) is 4.52. The van der Waals surface area contributed by atoms with Gasteiger partial charge in [0.25, 0.3) is 0 Å². The fraction of sp³-hybridized carbons (Fsp3) is 0.700. The molecule has 0 saturated carbocycles. The summed E-state index contributed by atoms with van der Waals surface area (Å²) in [6.07, 6.45) is 3.65. The number of hydrogen-bond donors (Lipinski definition) is 2. The van der Waals surface area contributed by atoms with E-state index in [0.29, 0.717) is 0 Å².